The molecule has 1 aromatic rings. The van der Waals surface area contributed by atoms with E-state index >= 15 is 0 Å². The third-order valence-corrected chi connectivity index (χ3v) is 4.36. The Hall–Kier alpha value is -1.77. The Morgan fingerprint density at radius 3 is 2.67 bits per heavy atom. The van der Waals surface area contributed by atoms with E-state index in [0.29, 0.717) is 32.1 Å². The van der Waals surface area contributed by atoms with Crippen LogP contribution in [0.5, 0.6) is 0 Å². The summed E-state index contributed by atoms with van der Waals surface area (Å²) in [5.41, 5.74) is 0.326. The number of ether oxygens (including phenoxy) is 3. The molecule has 1 aromatic heterocycles. The van der Waals surface area contributed by atoms with Gasteiger partial charge in [0.15, 0.2) is 17.3 Å². The van der Waals surface area contributed by atoms with Crippen LogP contribution in [0.4, 0.5) is 5.82 Å². The molecule has 0 saturated carbocycles. The second kappa shape index (κ2) is 7.87. The number of methoxy groups -OCH3 is 1. The van der Waals surface area contributed by atoms with Crippen molar-refractivity contribution >= 4 is 11.7 Å². The summed E-state index contributed by atoms with van der Waals surface area (Å²) in [4.78, 5) is 14.1. The minimum atomic E-state index is -0.397. The van der Waals surface area contributed by atoms with E-state index in [0.717, 1.165) is 38.2 Å². The third-order valence-electron chi connectivity index (χ3n) is 4.36. The van der Waals surface area contributed by atoms with E-state index in [1.807, 2.05) is 6.07 Å². The average molecular weight is 336 g/mol. The molecule has 2 aliphatic heterocycles. The number of carbonyl (C=O) groups is 1. The van der Waals surface area contributed by atoms with Crippen LogP contribution in [0.2, 0.25) is 0 Å². The largest absolute Gasteiger partial charge is 0.385 e. The fraction of sp³-hybridized carbons (Fsp3) is 0.688. The number of hydrogen-bond acceptors (Lipinski definition) is 7. The van der Waals surface area contributed by atoms with Crippen molar-refractivity contribution in [1.82, 2.24) is 15.5 Å². The van der Waals surface area contributed by atoms with E-state index in [4.69, 9.17) is 14.2 Å². The number of hydrogen-bond donors (Lipinski definition) is 1. The van der Waals surface area contributed by atoms with Crippen LogP contribution in [0.25, 0.3) is 0 Å². The van der Waals surface area contributed by atoms with Gasteiger partial charge in [0, 0.05) is 46.2 Å². The highest BCUT2D eigenvalue weighted by molar-refractivity contribution is 5.92. The summed E-state index contributed by atoms with van der Waals surface area (Å²) >= 11 is 0. The van der Waals surface area contributed by atoms with Crippen molar-refractivity contribution in [2.24, 2.45) is 0 Å². The summed E-state index contributed by atoms with van der Waals surface area (Å²) in [5.74, 6) is 0.167. The predicted octanol–water partition coefficient (Wildman–Crippen LogP) is 0.586. The molecular formula is C16H24N4O4. The fourth-order valence-corrected chi connectivity index (χ4v) is 2.99. The molecule has 0 radical (unpaired) electrons. The number of nitrogens with zero attached hydrogens (tertiary/aromatic N) is 3. The molecule has 24 heavy (non-hydrogen) atoms. The monoisotopic (exact) mass is 336 g/mol. The molecule has 3 rings (SSSR count). The molecule has 1 spiro atoms. The maximum Gasteiger partial charge on any atom is 0.271 e. The van der Waals surface area contributed by atoms with Crippen molar-refractivity contribution < 1.29 is 19.0 Å². The zero-order valence-electron chi connectivity index (χ0n) is 14.0. The van der Waals surface area contributed by atoms with Crippen molar-refractivity contribution in [2.75, 3.05) is 51.5 Å². The normalized spacial score (nSPS) is 19.6. The number of aromatic nitrogens is 2. The van der Waals surface area contributed by atoms with Crippen LogP contribution in [0.15, 0.2) is 12.1 Å². The Balaban J connectivity index is 1.50. The quantitative estimate of drug-likeness (QED) is 0.761. The Morgan fingerprint density at radius 1 is 1.29 bits per heavy atom. The second-order valence-electron chi connectivity index (χ2n) is 5.97. The molecular weight excluding hydrogens is 312 g/mol. The molecule has 8 heteroatoms. The van der Waals surface area contributed by atoms with Crippen molar-refractivity contribution in [3.8, 4) is 0 Å². The molecule has 0 aromatic carbocycles. The minimum Gasteiger partial charge on any atom is -0.385 e. The van der Waals surface area contributed by atoms with Crippen LogP contribution in [0.3, 0.4) is 0 Å². The molecule has 2 saturated heterocycles. The summed E-state index contributed by atoms with van der Waals surface area (Å²) < 4.78 is 16.4. The number of rotatable bonds is 6. The third kappa shape index (κ3) is 4.00. The highest BCUT2D eigenvalue weighted by Gasteiger charge is 2.40. The van der Waals surface area contributed by atoms with Gasteiger partial charge in [-0.15, -0.1) is 10.2 Å². The first-order valence-corrected chi connectivity index (χ1v) is 8.36. The van der Waals surface area contributed by atoms with E-state index in [1.165, 1.54) is 0 Å². The molecule has 0 unspecified atom stereocenters. The highest BCUT2D eigenvalue weighted by Crippen LogP contribution is 2.32. The number of nitrogens with one attached hydrogen (secondary N) is 1. The summed E-state index contributed by atoms with van der Waals surface area (Å²) in [7, 11) is 1.64. The maximum atomic E-state index is 12.0. The molecule has 8 nitrogen and oxygen atoms in total. The molecule has 132 valence electrons. The lowest BCUT2D eigenvalue weighted by atomic mass is 10.0. The molecule has 1 N–H and O–H groups in total. The van der Waals surface area contributed by atoms with Crippen LogP contribution in [-0.4, -0.2) is 68.5 Å². The molecule has 1 amide bonds. The zero-order chi connectivity index (χ0) is 16.8. The Bertz CT molecular complexity index is 536. The predicted molar refractivity (Wildman–Crippen MR) is 86.9 cm³/mol. The number of anilines is 1. The highest BCUT2D eigenvalue weighted by atomic mass is 16.7. The summed E-state index contributed by atoms with van der Waals surface area (Å²) in [6.45, 7) is 4.13. The molecule has 3 heterocycles. The van der Waals surface area contributed by atoms with Gasteiger partial charge in [0.2, 0.25) is 0 Å². The first-order valence-electron chi connectivity index (χ1n) is 8.36. The second-order valence-corrected chi connectivity index (χ2v) is 5.97. The van der Waals surface area contributed by atoms with E-state index in [1.54, 1.807) is 13.2 Å². The van der Waals surface area contributed by atoms with E-state index < -0.39 is 5.79 Å². The van der Waals surface area contributed by atoms with Gasteiger partial charge in [0.25, 0.3) is 5.91 Å². The first-order chi connectivity index (χ1) is 11.7. The van der Waals surface area contributed by atoms with Gasteiger partial charge in [-0.2, -0.15) is 0 Å². The first kappa shape index (κ1) is 17.1. The van der Waals surface area contributed by atoms with Crippen molar-refractivity contribution in [3.05, 3.63) is 17.8 Å². The lowest BCUT2D eigenvalue weighted by Crippen LogP contribution is -2.45. The Kier molecular flexibility index (Phi) is 5.60. The standard InChI is InChI=1S/C16H24N4O4/c1-22-10-2-7-17-15(21)13-3-4-14(19-18-13)20-8-5-16(6-9-20)23-11-12-24-16/h3-4H,2,5-12H2,1H3,(H,17,21). The lowest BCUT2D eigenvalue weighted by molar-refractivity contribution is -0.169. The van der Waals surface area contributed by atoms with Gasteiger partial charge in [-0.05, 0) is 18.6 Å². The molecule has 2 fully saturated rings. The molecule has 0 atom stereocenters. The molecule has 2 aliphatic rings. The van der Waals surface area contributed by atoms with Crippen LogP contribution >= 0.6 is 0 Å². The van der Waals surface area contributed by atoms with Gasteiger partial charge in [-0.1, -0.05) is 0 Å². The van der Waals surface area contributed by atoms with Gasteiger partial charge in [0.05, 0.1) is 13.2 Å². The van der Waals surface area contributed by atoms with Gasteiger partial charge in [-0.25, -0.2) is 0 Å². The van der Waals surface area contributed by atoms with Crippen molar-refractivity contribution in [2.45, 2.75) is 25.0 Å². The van der Waals surface area contributed by atoms with Gasteiger partial charge < -0.3 is 24.4 Å². The molecule has 0 bridgehead atoms. The summed E-state index contributed by atoms with van der Waals surface area (Å²) in [5, 5.41) is 11.0. The smallest absolute Gasteiger partial charge is 0.271 e. The van der Waals surface area contributed by atoms with Crippen molar-refractivity contribution in [1.29, 1.82) is 0 Å². The van der Waals surface area contributed by atoms with E-state index in [2.05, 4.69) is 20.4 Å². The molecule has 0 aliphatic carbocycles. The lowest BCUT2D eigenvalue weighted by Gasteiger charge is -2.37. The van der Waals surface area contributed by atoms with Crippen LogP contribution in [0, 0.1) is 0 Å². The van der Waals surface area contributed by atoms with Crippen LogP contribution in [0.1, 0.15) is 29.8 Å². The van der Waals surface area contributed by atoms with Crippen LogP contribution < -0.4 is 10.2 Å². The maximum absolute atomic E-state index is 12.0. The average Bonchev–Trinajstić information content (AvgIpc) is 3.07. The van der Waals surface area contributed by atoms with Gasteiger partial charge >= 0.3 is 0 Å². The zero-order valence-corrected chi connectivity index (χ0v) is 14.0. The minimum absolute atomic E-state index is 0.212. The van der Waals surface area contributed by atoms with E-state index in [9.17, 15) is 4.79 Å². The van der Waals surface area contributed by atoms with E-state index in [-0.39, 0.29) is 5.91 Å². The Morgan fingerprint density at radius 2 is 2.04 bits per heavy atom. The topological polar surface area (TPSA) is 85.8 Å². The van der Waals surface area contributed by atoms with Gasteiger partial charge in [-0.3, -0.25) is 4.79 Å². The van der Waals surface area contributed by atoms with Crippen LogP contribution in [-0.2, 0) is 14.2 Å². The summed E-state index contributed by atoms with van der Waals surface area (Å²) in [6.07, 6.45) is 2.40. The summed E-state index contributed by atoms with van der Waals surface area (Å²) in [6, 6.07) is 3.55. The number of amides is 1. The van der Waals surface area contributed by atoms with Crippen molar-refractivity contribution in [3.63, 3.8) is 0 Å². The number of piperidine rings is 1. The number of carbonyl (C=O) groups excluding carboxylic acids is 1. The fourth-order valence-electron chi connectivity index (χ4n) is 2.99. The Labute approximate surface area is 141 Å². The SMILES string of the molecule is COCCCNC(=O)c1ccc(N2CCC3(CC2)OCCO3)nn1. The van der Waals surface area contributed by atoms with Gasteiger partial charge in [0.1, 0.15) is 0 Å².